The Kier molecular flexibility index (Phi) is 3.32. The highest BCUT2D eigenvalue weighted by molar-refractivity contribution is 6.99. The van der Waals surface area contributed by atoms with Crippen LogP contribution >= 0.6 is 0 Å². The summed E-state index contributed by atoms with van der Waals surface area (Å²) in [5.41, 5.74) is 10.4. The molecule has 3 heterocycles. The molecule has 0 bridgehead atoms. The number of ether oxygens (including phenoxy) is 1. The Bertz CT molecular complexity index is 1600. The molecular formula is C29H24BNO. The molecule has 2 aliphatic heterocycles. The minimum absolute atomic E-state index is 0.108. The molecule has 0 atom stereocenters. The maximum Gasteiger partial charge on any atom is 0.256 e. The summed E-state index contributed by atoms with van der Waals surface area (Å²) in [5.74, 6) is 2.00. The highest BCUT2D eigenvalue weighted by Gasteiger charge is 2.40. The molecule has 0 fully saturated rings. The van der Waals surface area contributed by atoms with E-state index < -0.39 is 0 Å². The van der Waals surface area contributed by atoms with Crippen LogP contribution in [0.2, 0.25) is 0 Å². The molecule has 0 N–H and O–H groups in total. The average Bonchev–Trinajstić information content (AvgIpc) is 3.12. The predicted molar refractivity (Wildman–Crippen MR) is 135 cm³/mol. The van der Waals surface area contributed by atoms with Gasteiger partial charge < -0.3 is 9.30 Å². The Morgan fingerprint density at radius 3 is 2.47 bits per heavy atom. The lowest BCUT2D eigenvalue weighted by atomic mass is 9.34. The monoisotopic (exact) mass is 413 g/mol. The highest BCUT2D eigenvalue weighted by Crippen LogP contribution is 2.40. The minimum Gasteiger partial charge on any atom is -0.458 e. The van der Waals surface area contributed by atoms with Crippen molar-refractivity contribution >= 4 is 44.9 Å². The Morgan fingerprint density at radius 2 is 1.62 bits per heavy atom. The van der Waals surface area contributed by atoms with Crippen LogP contribution in [0.4, 0.5) is 0 Å². The summed E-state index contributed by atoms with van der Waals surface area (Å²) in [5, 5.41) is 2.63. The summed E-state index contributed by atoms with van der Waals surface area (Å²) >= 11 is 0. The first-order chi connectivity index (χ1) is 15.4. The van der Waals surface area contributed by atoms with Gasteiger partial charge in [0.15, 0.2) is 0 Å². The summed E-state index contributed by atoms with van der Waals surface area (Å²) in [6.45, 7) is 9.18. The number of aromatic nitrogens is 1. The minimum atomic E-state index is 0.108. The Labute approximate surface area is 188 Å². The Morgan fingerprint density at radius 1 is 0.812 bits per heavy atom. The fourth-order valence-electron chi connectivity index (χ4n) is 5.77. The topological polar surface area (TPSA) is 14.2 Å². The fourth-order valence-corrected chi connectivity index (χ4v) is 5.77. The number of hydrogen-bond donors (Lipinski definition) is 0. The molecule has 0 amide bonds. The SMILES string of the molecule is Cc1cccc2c1Oc1ccc3c4cc(C(C)(C)C)ccc4n4c3c1B2c1ccccc1-4. The van der Waals surface area contributed by atoms with Gasteiger partial charge in [-0.3, -0.25) is 0 Å². The first kappa shape index (κ1) is 18.1. The van der Waals surface area contributed by atoms with Crippen molar-refractivity contribution < 1.29 is 4.74 Å². The van der Waals surface area contributed by atoms with Crippen LogP contribution in [0.15, 0.2) is 72.8 Å². The predicted octanol–water partition coefficient (Wildman–Crippen LogP) is 5.32. The standard InChI is InChI=1S/C29H24BNO/c1-17-8-7-10-22-28(17)32-25-15-13-19-20-16-18(29(2,3)4)12-14-23(20)31-24-11-6-5-9-21(24)30(22)26(25)27(19)31/h5-16H,1-4H3. The molecule has 2 nitrogen and oxygen atoms in total. The molecule has 5 aromatic rings. The number of rotatable bonds is 0. The van der Waals surface area contributed by atoms with Crippen LogP contribution in [0.3, 0.4) is 0 Å². The number of nitrogens with zero attached hydrogens (tertiary/aromatic N) is 1. The average molecular weight is 413 g/mol. The van der Waals surface area contributed by atoms with Crippen LogP contribution in [0, 0.1) is 6.92 Å². The number of benzene rings is 4. The van der Waals surface area contributed by atoms with Gasteiger partial charge in [-0.1, -0.05) is 63.2 Å². The molecule has 32 heavy (non-hydrogen) atoms. The lowest BCUT2D eigenvalue weighted by Gasteiger charge is -2.33. The molecule has 0 unspecified atom stereocenters. The van der Waals surface area contributed by atoms with Crippen molar-refractivity contribution in [2.45, 2.75) is 33.1 Å². The van der Waals surface area contributed by atoms with Crippen LogP contribution < -0.4 is 21.1 Å². The van der Waals surface area contributed by atoms with Gasteiger partial charge in [0.1, 0.15) is 11.5 Å². The van der Waals surface area contributed by atoms with E-state index in [9.17, 15) is 0 Å². The van der Waals surface area contributed by atoms with E-state index >= 15 is 0 Å². The van der Waals surface area contributed by atoms with Crippen molar-refractivity contribution in [2.75, 3.05) is 0 Å². The second-order valence-corrected chi connectivity index (χ2v) is 10.3. The van der Waals surface area contributed by atoms with Crippen LogP contribution in [-0.2, 0) is 5.41 Å². The van der Waals surface area contributed by atoms with E-state index in [2.05, 4.69) is 105 Å². The normalized spacial score (nSPS) is 13.8. The Hall–Kier alpha value is -3.46. The molecule has 154 valence electrons. The summed E-state index contributed by atoms with van der Waals surface area (Å²) < 4.78 is 9.02. The smallest absolute Gasteiger partial charge is 0.256 e. The van der Waals surface area contributed by atoms with Gasteiger partial charge in [-0.05, 0) is 70.2 Å². The zero-order chi connectivity index (χ0) is 21.8. The van der Waals surface area contributed by atoms with Crippen LogP contribution in [0.1, 0.15) is 31.9 Å². The van der Waals surface area contributed by atoms with Gasteiger partial charge in [0.25, 0.3) is 6.71 Å². The van der Waals surface area contributed by atoms with Gasteiger partial charge in [-0.25, -0.2) is 0 Å². The summed E-state index contributed by atoms with van der Waals surface area (Å²) in [6.07, 6.45) is 0. The van der Waals surface area contributed by atoms with E-state index in [1.807, 2.05) is 0 Å². The van der Waals surface area contributed by atoms with Crippen molar-refractivity contribution in [3.8, 4) is 17.2 Å². The third-order valence-electron chi connectivity index (χ3n) is 7.34. The highest BCUT2D eigenvalue weighted by atomic mass is 16.5. The second kappa shape index (κ2) is 5.86. The molecule has 0 saturated carbocycles. The fraction of sp³-hybridized carbons (Fsp3) is 0.172. The first-order valence-electron chi connectivity index (χ1n) is 11.4. The molecule has 0 spiro atoms. The van der Waals surface area contributed by atoms with Crippen molar-refractivity contribution in [1.82, 2.24) is 4.57 Å². The van der Waals surface area contributed by atoms with E-state index in [1.165, 1.54) is 55.0 Å². The molecule has 0 saturated heterocycles. The van der Waals surface area contributed by atoms with Crippen LogP contribution in [-0.4, -0.2) is 11.3 Å². The summed E-state index contributed by atoms with van der Waals surface area (Å²) in [4.78, 5) is 0. The largest absolute Gasteiger partial charge is 0.458 e. The van der Waals surface area contributed by atoms with Crippen molar-refractivity contribution in [2.24, 2.45) is 0 Å². The van der Waals surface area contributed by atoms with E-state index in [0.717, 1.165) is 11.5 Å². The second-order valence-electron chi connectivity index (χ2n) is 10.3. The lowest BCUT2D eigenvalue weighted by molar-refractivity contribution is 0.484. The van der Waals surface area contributed by atoms with Gasteiger partial charge in [-0.2, -0.15) is 0 Å². The van der Waals surface area contributed by atoms with Crippen molar-refractivity contribution in [1.29, 1.82) is 0 Å². The summed E-state index contributed by atoms with van der Waals surface area (Å²) in [7, 11) is 0. The number of hydrogen-bond acceptors (Lipinski definition) is 1. The van der Waals surface area contributed by atoms with Crippen molar-refractivity contribution in [3.63, 3.8) is 0 Å². The first-order valence-corrected chi connectivity index (χ1v) is 11.4. The lowest BCUT2D eigenvalue weighted by Crippen LogP contribution is -2.58. The third-order valence-corrected chi connectivity index (χ3v) is 7.34. The van der Waals surface area contributed by atoms with E-state index in [1.54, 1.807) is 0 Å². The zero-order valence-electron chi connectivity index (χ0n) is 18.9. The molecule has 2 aliphatic rings. The molecule has 3 heteroatoms. The van der Waals surface area contributed by atoms with E-state index in [0.29, 0.717) is 0 Å². The number of fused-ring (bicyclic) bond motifs is 8. The summed E-state index contributed by atoms with van der Waals surface area (Å²) in [6, 6.07) is 26.9. The zero-order valence-corrected chi connectivity index (χ0v) is 18.9. The van der Waals surface area contributed by atoms with Crippen LogP contribution in [0.25, 0.3) is 27.5 Å². The number of aryl methyl sites for hydroxylation is 1. The third kappa shape index (κ3) is 2.16. The quantitative estimate of drug-likeness (QED) is 0.307. The Balaban J connectivity index is 1.68. The van der Waals surface area contributed by atoms with Crippen LogP contribution in [0.5, 0.6) is 11.5 Å². The molecule has 7 rings (SSSR count). The van der Waals surface area contributed by atoms with Gasteiger partial charge in [0, 0.05) is 16.5 Å². The van der Waals surface area contributed by atoms with Gasteiger partial charge in [-0.15, -0.1) is 0 Å². The van der Waals surface area contributed by atoms with E-state index in [-0.39, 0.29) is 12.1 Å². The van der Waals surface area contributed by atoms with Gasteiger partial charge in [0.05, 0.1) is 11.0 Å². The molecule has 0 radical (unpaired) electrons. The van der Waals surface area contributed by atoms with E-state index in [4.69, 9.17) is 4.74 Å². The van der Waals surface area contributed by atoms with Gasteiger partial charge >= 0.3 is 0 Å². The molecular weight excluding hydrogens is 389 g/mol. The molecule has 1 aromatic heterocycles. The van der Waals surface area contributed by atoms with Gasteiger partial charge in [0.2, 0.25) is 0 Å². The number of para-hydroxylation sites is 2. The molecule has 0 aliphatic carbocycles. The van der Waals surface area contributed by atoms with Crippen molar-refractivity contribution in [3.05, 3.63) is 83.9 Å². The maximum absolute atomic E-state index is 6.55. The molecule has 4 aromatic carbocycles. The maximum atomic E-state index is 6.55.